The minimum atomic E-state index is -0.0975. The average Bonchev–Trinajstić information content (AvgIpc) is 3.02. The predicted octanol–water partition coefficient (Wildman–Crippen LogP) is 1.11. The Hall–Kier alpha value is -2.83. The fraction of sp³-hybridized carbons (Fsp3) is 0.154. The van der Waals surface area contributed by atoms with E-state index in [0.29, 0.717) is 12.4 Å². The van der Waals surface area contributed by atoms with Gasteiger partial charge in [-0.2, -0.15) is 10.3 Å². The molecule has 0 aliphatic carbocycles. The van der Waals surface area contributed by atoms with E-state index in [4.69, 9.17) is 0 Å². The molecular formula is C13H12N6O. The highest BCUT2D eigenvalue weighted by Gasteiger charge is 2.05. The molecule has 0 fully saturated rings. The van der Waals surface area contributed by atoms with Crippen molar-refractivity contribution in [3.05, 3.63) is 46.8 Å². The van der Waals surface area contributed by atoms with Crippen molar-refractivity contribution in [1.82, 2.24) is 30.4 Å². The molecule has 0 radical (unpaired) electrons. The van der Waals surface area contributed by atoms with Gasteiger partial charge in [-0.25, -0.2) is 4.68 Å². The lowest BCUT2D eigenvalue weighted by Gasteiger charge is -2.05. The average molecular weight is 268 g/mol. The molecule has 1 aromatic carbocycles. The molecule has 0 aliphatic heterocycles. The number of nitrogens with one attached hydrogen (secondary N) is 1. The van der Waals surface area contributed by atoms with Crippen molar-refractivity contribution in [2.45, 2.75) is 13.5 Å². The molecule has 100 valence electrons. The zero-order valence-corrected chi connectivity index (χ0v) is 10.8. The molecule has 20 heavy (non-hydrogen) atoms. The number of benzene rings is 1. The third kappa shape index (κ3) is 2.20. The maximum atomic E-state index is 11.5. The highest BCUT2D eigenvalue weighted by Crippen LogP contribution is 2.20. The van der Waals surface area contributed by atoms with Gasteiger partial charge < -0.3 is 0 Å². The molecule has 7 nitrogen and oxygen atoms in total. The van der Waals surface area contributed by atoms with E-state index in [1.807, 2.05) is 31.2 Å². The molecule has 0 saturated heterocycles. The maximum absolute atomic E-state index is 11.5. The molecule has 2 heterocycles. The summed E-state index contributed by atoms with van der Waals surface area (Å²) in [6.07, 6.45) is 0. The Morgan fingerprint density at radius 2 is 1.85 bits per heavy atom. The highest BCUT2D eigenvalue weighted by molar-refractivity contribution is 5.64. The van der Waals surface area contributed by atoms with Crippen molar-refractivity contribution in [2.24, 2.45) is 0 Å². The number of H-pyrrole nitrogens is 1. The van der Waals surface area contributed by atoms with Gasteiger partial charge in [-0.05, 0) is 18.2 Å². The number of aromatic amines is 1. The topological polar surface area (TPSA) is 89.3 Å². The largest absolute Gasteiger partial charge is 0.268 e. The number of nitrogens with zero attached hydrogens (tertiary/aromatic N) is 5. The molecular weight excluding hydrogens is 256 g/mol. The Balaban J connectivity index is 1.97. The Bertz CT molecular complexity index is 760. The Labute approximate surface area is 114 Å². The van der Waals surface area contributed by atoms with Crippen LogP contribution in [0.15, 0.2) is 41.2 Å². The van der Waals surface area contributed by atoms with E-state index in [1.54, 1.807) is 6.07 Å². The Morgan fingerprint density at radius 3 is 2.50 bits per heavy atom. The van der Waals surface area contributed by atoms with E-state index < -0.39 is 0 Å². The van der Waals surface area contributed by atoms with Gasteiger partial charge in [0.05, 0.1) is 5.69 Å². The van der Waals surface area contributed by atoms with Gasteiger partial charge in [-0.3, -0.25) is 4.79 Å². The SMILES string of the molecule is CCn1nc(-c2ccc(-c3nn[nH]n3)cc2)ccc1=O. The van der Waals surface area contributed by atoms with Crippen molar-refractivity contribution in [3.8, 4) is 22.6 Å². The first-order valence-electron chi connectivity index (χ1n) is 6.20. The van der Waals surface area contributed by atoms with E-state index in [-0.39, 0.29) is 5.56 Å². The lowest BCUT2D eigenvalue weighted by Crippen LogP contribution is -2.20. The zero-order chi connectivity index (χ0) is 13.9. The van der Waals surface area contributed by atoms with Gasteiger partial charge in [0.1, 0.15) is 0 Å². The molecule has 0 bridgehead atoms. The van der Waals surface area contributed by atoms with Gasteiger partial charge in [-0.15, -0.1) is 10.2 Å². The number of aryl methyl sites for hydroxylation is 1. The van der Waals surface area contributed by atoms with Gasteiger partial charge in [-0.1, -0.05) is 24.3 Å². The van der Waals surface area contributed by atoms with Gasteiger partial charge in [0.15, 0.2) is 0 Å². The second-order valence-electron chi connectivity index (χ2n) is 4.19. The van der Waals surface area contributed by atoms with Crippen molar-refractivity contribution in [1.29, 1.82) is 0 Å². The molecule has 0 unspecified atom stereocenters. The van der Waals surface area contributed by atoms with E-state index in [2.05, 4.69) is 25.7 Å². The summed E-state index contributed by atoms with van der Waals surface area (Å²) in [5.41, 5.74) is 2.46. The minimum absolute atomic E-state index is 0.0975. The summed E-state index contributed by atoms with van der Waals surface area (Å²) in [4.78, 5) is 11.5. The molecule has 3 aromatic rings. The van der Waals surface area contributed by atoms with Crippen molar-refractivity contribution >= 4 is 0 Å². The van der Waals surface area contributed by atoms with Crippen LogP contribution in [0.25, 0.3) is 22.6 Å². The summed E-state index contributed by atoms with van der Waals surface area (Å²) < 4.78 is 1.43. The van der Waals surface area contributed by atoms with E-state index in [9.17, 15) is 4.79 Å². The van der Waals surface area contributed by atoms with Gasteiger partial charge >= 0.3 is 0 Å². The third-order valence-corrected chi connectivity index (χ3v) is 2.95. The summed E-state index contributed by atoms with van der Waals surface area (Å²) in [5, 5.41) is 18.1. The van der Waals surface area contributed by atoms with Gasteiger partial charge in [0.2, 0.25) is 5.82 Å². The van der Waals surface area contributed by atoms with Crippen molar-refractivity contribution in [3.63, 3.8) is 0 Å². The number of rotatable bonds is 3. The zero-order valence-electron chi connectivity index (χ0n) is 10.8. The van der Waals surface area contributed by atoms with Crippen LogP contribution in [0.4, 0.5) is 0 Å². The molecule has 7 heteroatoms. The van der Waals surface area contributed by atoms with Crippen LogP contribution >= 0.6 is 0 Å². The molecule has 0 saturated carbocycles. The van der Waals surface area contributed by atoms with Crippen LogP contribution in [0.3, 0.4) is 0 Å². The first-order chi connectivity index (χ1) is 9.78. The molecule has 0 aliphatic rings. The molecule has 1 N–H and O–H groups in total. The predicted molar refractivity (Wildman–Crippen MR) is 72.8 cm³/mol. The fourth-order valence-electron chi connectivity index (χ4n) is 1.90. The number of hydrogen-bond donors (Lipinski definition) is 1. The van der Waals surface area contributed by atoms with E-state index in [0.717, 1.165) is 16.8 Å². The normalized spacial score (nSPS) is 10.7. The molecule has 0 spiro atoms. The fourth-order valence-corrected chi connectivity index (χ4v) is 1.90. The second-order valence-corrected chi connectivity index (χ2v) is 4.19. The van der Waals surface area contributed by atoms with Crippen molar-refractivity contribution < 1.29 is 0 Å². The molecule has 0 atom stereocenters. The van der Waals surface area contributed by atoms with Crippen LogP contribution in [-0.4, -0.2) is 30.4 Å². The van der Waals surface area contributed by atoms with Crippen molar-refractivity contribution in [2.75, 3.05) is 0 Å². The van der Waals surface area contributed by atoms with Crippen LogP contribution in [-0.2, 0) is 6.54 Å². The van der Waals surface area contributed by atoms with E-state index >= 15 is 0 Å². The van der Waals surface area contributed by atoms with Crippen LogP contribution < -0.4 is 5.56 Å². The monoisotopic (exact) mass is 268 g/mol. The summed E-state index contributed by atoms with van der Waals surface area (Å²) in [5.74, 6) is 0.544. The summed E-state index contributed by atoms with van der Waals surface area (Å²) in [6, 6.07) is 10.9. The van der Waals surface area contributed by atoms with Crippen LogP contribution in [0.2, 0.25) is 0 Å². The second kappa shape index (κ2) is 5.04. The Kier molecular flexibility index (Phi) is 3.08. The molecule has 0 amide bonds. The summed E-state index contributed by atoms with van der Waals surface area (Å²) >= 11 is 0. The lowest BCUT2D eigenvalue weighted by molar-refractivity contribution is 0.619. The van der Waals surface area contributed by atoms with Crippen LogP contribution in [0.5, 0.6) is 0 Å². The quantitative estimate of drug-likeness (QED) is 0.768. The first-order valence-corrected chi connectivity index (χ1v) is 6.20. The molecule has 2 aromatic heterocycles. The summed E-state index contributed by atoms with van der Waals surface area (Å²) in [6.45, 7) is 2.44. The maximum Gasteiger partial charge on any atom is 0.266 e. The lowest BCUT2D eigenvalue weighted by atomic mass is 10.1. The third-order valence-electron chi connectivity index (χ3n) is 2.95. The van der Waals surface area contributed by atoms with E-state index in [1.165, 1.54) is 10.7 Å². The summed E-state index contributed by atoms with van der Waals surface area (Å²) in [7, 11) is 0. The van der Waals surface area contributed by atoms with Gasteiger partial charge in [0, 0.05) is 23.7 Å². The Morgan fingerprint density at radius 1 is 1.10 bits per heavy atom. The molecule has 3 rings (SSSR count). The minimum Gasteiger partial charge on any atom is -0.268 e. The smallest absolute Gasteiger partial charge is 0.266 e. The van der Waals surface area contributed by atoms with Crippen LogP contribution in [0.1, 0.15) is 6.92 Å². The standard InChI is InChI=1S/C13H12N6O/c1-2-19-12(20)8-7-11(16-19)9-3-5-10(6-4-9)13-14-17-18-15-13/h3-8H,2H2,1H3,(H,14,15,17,18). The van der Waals surface area contributed by atoms with Crippen LogP contribution in [0, 0.1) is 0 Å². The van der Waals surface area contributed by atoms with Gasteiger partial charge in [0.25, 0.3) is 5.56 Å². The number of aromatic nitrogens is 6. The number of hydrogen-bond acceptors (Lipinski definition) is 5. The number of tetrazole rings is 1. The first kappa shape index (κ1) is 12.2. The highest BCUT2D eigenvalue weighted by atomic mass is 16.1.